The van der Waals surface area contributed by atoms with Gasteiger partial charge in [-0.25, -0.2) is 14.4 Å². The SMILES string of the molecule is COC(=O)C(C)NC(=O)N1CCc2ccc(C(=O)O)cc21. The predicted octanol–water partition coefficient (Wildman–Crippen LogP) is 1.02. The van der Waals surface area contributed by atoms with Crippen molar-refractivity contribution in [2.45, 2.75) is 19.4 Å². The molecule has 0 saturated heterocycles. The van der Waals surface area contributed by atoms with Gasteiger partial charge in [0, 0.05) is 12.2 Å². The maximum Gasteiger partial charge on any atom is 0.335 e. The Bertz CT molecular complexity index is 599. The number of carboxylic acids is 1. The number of esters is 1. The largest absolute Gasteiger partial charge is 0.478 e. The lowest BCUT2D eigenvalue weighted by molar-refractivity contribution is -0.142. The average Bonchev–Trinajstić information content (AvgIpc) is 2.88. The molecule has 7 heteroatoms. The third-order valence-corrected chi connectivity index (χ3v) is 3.37. The predicted molar refractivity (Wildman–Crippen MR) is 74.5 cm³/mol. The summed E-state index contributed by atoms with van der Waals surface area (Å²) in [5.41, 5.74) is 1.58. The molecule has 0 radical (unpaired) electrons. The number of methoxy groups -OCH3 is 1. The summed E-state index contributed by atoms with van der Waals surface area (Å²) in [6.07, 6.45) is 0.648. The van der Waals surface area contributed by atoms with Crippen LogP contribution in [0.15, 0.2) is 18.2 Å². The smallest absolute Gasteiger partial charge is 0.335 e. The highest BCUT2D eigenvalue weighted by atomic mass is 16.5. The van der Waals surface area contributed by atoms with Crippen LogP contribution in [0.5, 0.6) is 0 Å². The van der Waals surface area contributed by atoms with Gasteiger partial charge in [-0.05, 0) is 31.0 Å². The molecule has 0 aromatic heterocycles. The molecule has 1 heterocycles. The molecule has 1 atom stereocenters. The van der Waals surface area contributed by atoms with E-state index in [1.54, 1.807) is 6.07 Å². The number of aromatic carboxylic acids is 1. The highest BCUT2D eigenvalue weighted by Gasteiger charge is 2.27. The second kappa shape index (κ2) is 5.82. The van der Waals surface area contributed by atoms with E-state index in [2.05, 4.69) is 10.1 Å². The van der Waals surface area contributed by atoms with Gasteiger partial charge < -0.3 is 15.2 Å². The number of rotatable bonds is 3. The number of benzene rings is 1. The second-order valence-electron chi connectivity index (χ2n) is 4.74. The van der Waals surface area contributed by atoms with Crippen molar-refractivity contribution in [3.05, 3.63) is 29.3 Å². The van der Waals surface area contributed by atoms with Crippen molar-refractivity contribution in [2.75, 3.05) is 18.6 Å². The van der Waals surface area contributed by atoms with Crippen LogP contribution in [0, 0.1) is 0 Å². The fraction of sp³-hybridized carbons (Fsp3) is 0.357. The van der Waals surface area contributed by atoms with E-state index in [4.69, 9.17) is 5.11 Å². The molecule has 2 rings (SSSR count). The Morgan fingerprint density at radius 3 is 2.71 bits per heavy atom. The number of carbonyl (C=O) groups is 3. The minimum atomic E-state index is -1.05. The lowest BCUT2D eigenvalue weighted by atomic mass is 10.1. The zero-order valence-corrected chi connectivity index (χ0v) is 11.8. The number of fused-ring (bicyclic) bond motifs is 1. The van der Waals surface area contributed by atoms with Crippen molar-refractivity contribution in [2.24, 2.45) is 0 Å². The number of nitrogens with one attached hydrogen (secondary N) is 1. The lowest BCUT2D eigenvalue weighted by Crippen LogP contribution is -2.46. The normalized spacial score (nSPS) is 14.3. The van der Waals surface area contributed by atoms with E-state index in [0.717, 1.165) is 5.56 Å². The minimum absolute atomic E-state index is 0.120. The highest BCUT2D eigenvalue weighted by Crippen LogP contribution is 2.29. The summed E-state index contributed by atoms with van der Waals surface area (Å²) in [7, 11) is 1.25. The van der Waals surface area contributed by atoms with E-state index in [-0.39, 0.29) is 5.56 Å². The number of anilines is 1. The Morgan fingerprint density at radius 2 is 2.10 bits per heavy atom. The number of amides is 2. The van der Waals surface area contributed by atoms with E-state index >= 15 is 0 Å². The molecule has 0 saturated carbocycles. The van der Waals surface area contributed by atoms with E-state index in [9.17, 15) is 14.4 Å². The highest BCUT2D eigenvalue weighted by molar-refractivity contribution is 5.98. The fourth-order valence-corrected chi connectivity index (χ4v) is 2.22. The molecule has 21 heavy (non-hydrogen) atoms. The molecule has 2 amide bonds. The molecule has 0 aliphatic carbocycles. The van der Waals surface area contributed by atoms with Crippen molar-refractivity contribution in [1.29, 1.82) is 0 Å². The third-order valence-electron chi connectivity index (χ3n) is 3.37. The first kappa shape index (κ1) is 14.8. The second-order valence-corrected chi connectivity index (χ2v) is 4.74. The van der Waals surface area contributed by atoms with Crippen LogP contribution in [0.3, 0.4) is 0 Å². The number of nitrogens with zero attached hydrogens (tertiary/aromatic N) is 1. The Labute approximate surface area is 121 Å². The molecule has 1 aliphatic heterocycles. The van der Waals surface area contributed by atoms with Crippen molar-refractivity contribution in [3.63, 3.8) is 0 Å². The van der Waals surface area contributed by atoms with Crippen LogP contribution in [-0.2, 0) is 16.0 Å². The first-order valence-electron chi connectivity index (χ1n) is 6.46. The van der Waals surface area contributed by atoms with Gasteiger partial charge in [0.25, 0.3) is 0 Å². The van der Waals surface area contributed by atoms with Crippen LogP contribution >= 0.6 is 0 Å². The van der Waals surface area contributed by atoms with Crippen molar-refractivity contribution in [3.8, 4) is 0 Å². The molecule has 1 unspecified atom stereocenters. The van der Waals surface area contributed by atoms with Gasteiger partial charge in [0.05, 0.1) is 12.7 Å². The van der Waals surface area contributed by atoms with Crippen LogP contribution in [0.25, 0.3) is 0 Å². The van der Waals surface area contributed by atoms with Crippen LogP contribution in [0.2, 0.25) is 0 Å². The van der Waals surface area contributed by atoms with Gasteiger partial charge in [0.1, 0.15) is 6.04 Å². The van der Waals surface area contributed by atoms with Crippen molar-refractivity contribution >= 4 is 23.7 Å². The topological polar surface area (TPSA) is 95.9 Å². The summed E-state index contributed by atoms with van der Waals surface area (Å²) in [6, 6.07) is 3.46. The van der Waals surface area contributed by atoms with Gasteiger partial charge in [0.2, 0.25) is 0 Å². The molecule has 7 nitrogen and oxygen atoms in total. The minimum Gasteiger partial charge on any atom is -0.478 e. The van der Waals surface area contributed by atoms with Crippen LogP contribution < -0.4 is 10.2 Å². The molecule has 112 valence electrons. The van der Waals surface area contributed by atoms with Gasteiger partial charge in [-0.3, -0.25) is 4.90 Å². The van der Waals surface area contributed by atoms with Crippen molar-refractivity contribution in [1.82, 2.24) is 5.32 Å². The van der Waals surface area contributed by atoms with Crippen LogP contribution in [0.4, 0.5) is 10.5 Å². The number of ether oxygens (including phenoxy) is 1. The Morgan fingerprint density at radius 1 is 1.38 bits per heavy atom. The first-order valence-corrected chi connectivity index (χ1v) is 6.46. The number of urea groups is 1. The van der Waals surface area contributed by atoms with Gasteiger partial charge in [-0.1, -0.05) is 6.07 Å². The zero-order chi connectivity index (χ0) is 15.6. The van der Waals surface area contributed by atoms with Gasteiger partial charge >= 0.3 is 18.0 Å². The summed E-state index contributed by atoms with van der Waals surface area (Å²) >= 11 is 0. The first-order chi connectivity index (χ1) is 9.93. The van der Waals surface area contributed by atoms with E-state index in [1.807, 2.05) is 0 Å². The molecule has 0 fully saturated rings. The number of carbonyl (C=O) groups excluding carboxylic acids is 2. The Balaban J connectivity index is 2.18. The third kappa shape index (κ3) is 2.96. The fourth-order valence-electron chi connectivity index (χ4n) is 2.22. The molecular weight excluding hydrogens is 276 g/mol. The Kier molecular flexibility index (Phi) is 4.11. The average molecular weight is 292 g/mol. The summed E-state index contributed by atoms with van der Waals surface area (Å²) in [5, 5.41) is 11.5. The molecule has 2 N–H and O–H groups in total. The summed E-state index contributed by atoms with van der Waals surface area (Å²) in [5.74, 6) is -1.59. The zero-order valence-electron chi connectivity index (χ0n) is 11.8. The van der Waals surface area contributed by atoms with Crippen molar-refractivity contribution < 1.29 is 24.2 Å². The summed E-state index contributed by atoms with van der Waals surface area (Å²) in [6.45, 7) is 1.96. The maximum atomic E-state index is 12.2. The lowest BCUT2D eigenvalue weighted by Gasteiger charge is -2.20. The van der Waals surface area contributed by atoms with Crippen LogP contribution in [-0.4, -0.2) is 42.8 Å². The number of carboxylic acid groups (broad SMARTS) is 1. The van der Waals surface area contributed by atoms with Gasteiger partial charge in [-0.15, -0.1) is 0 Å². The summed E-state index contributed by atoms with van der Waals surface area (Å²) in [4.78, 5) is 35.9. The molecular formula is C14H16N2O5. The Hall–Kier alpha value is -2.57. The summed E-state index contributed by atoms with van der Waals surface area (Å²) < 4.78 is 4.55. The molecule has 1 aliphatic rings. The molecule has 0 spiro atoms. The van der Waals surface area contributed by atoms with Crippen LogP contribution in [0.1, 0.15) is 22.8 Å². The van der Waals surface area contributed by atoms with Gasteiger partial charge in [-0.2, -0.15) is 0 Å². The van der Waals surface area contributed by atoms with Gasteiger partial charge in [0.15, 0.2) is 0 Å². The molecule has 0 bridgehead atoms. The quantitative estimate of drug-likeness (QED) is 0.811. The van der Waals surface area contributed by atoms with E-state index in [0.29, 0.717) is 18.7 Å². The van der Waals surface area contributed by atoms with E-state index in [1.165, 1.54) is 31.1 Å². The molecule has 1 aromatic carbocycles. The molecule has 1 aromatic rings. The maximum absolute atomic E-state index is 12.2. The number of hydrogen-bond acceptors (Lipinski definition) is 4. The number of hydrogen-bond donors (Lipinski definition) is 2. The van der Waals surface area contributed by atoms with E-state index < -0.39 is 24.0 Å². The monoisotopic (exact) mass is 292 g/mol. The standard InChI is InChI=1S/C14H16N2O5/c1-8(13(19)21-2)15-14(20)16-6-5-9-3-4-10(12(17)18)7-11(9)16/h3-4,7-8H,5-6H2,1-2H3,(H,15,20)(H,17,18).